The molecule has 4 unspecified atom stereocenters. The fraction of sp³-hybridized carbons (Fsp3) is 0.571. The van der Waals surface area contributed by atoms with Gasteiger partial charge in [-0.2, -0.15) is 0 Å². The zero-order chi connectivity index (χ0) is 13.9. The van der Waals surface area contributed by atoms with Gasteiger partial charge in [0.1, 0.15) is 10.0 Å². The van der Waals surface area contributed by atoms with Gasteiger partial charge >= 0.3 is 0 Å². The second kappa shape index (κ2) is 4.22. The van der Waals surface area contributed by atoms with Crippen LogP contribution in [0.3, 0.4) is 0 Å². The molecule has 4 aliphatic rings. The first-order chi connectivity index (χ1) is 9.65. The average Bonchev–Trinajstić information content (AvgIpc) is 2.99. The number of allylic oxidation sites excluding steroid dienone is 2. The van der Waals surface area contributed by atoms with Crippen LogP contribution in [0.15, 0.2) is 12.2 Å². The quantitative estimate of drug-likeness (QED) is 0.612. The maximum Gasteiger partial charge on any atom is 0.234 e. The van der Waals surface area contributed by atoms with Crippen molar-refractivity contribution in [2.75, 3.05) is 0 Å². The van der Waals surface area contributed by atoms with Crippen LogP contribution in [0, 0.1) is 30.6 Å². The summed E-state index contributed by atoms with van der Waals surface area (Å²) in [5.74, 6) is 0.240. The topological polar surface area (TPSA) is 63.2 Å². The number of hydrogen-bond donors (Lipinski definition) is 0. The van der Waals surface area contributed by atoms with Crippen LogP contribution in [0.5, 0.6) is 0 Å². The molecule has 2 bridgehead atoms. The van der Waals surface area contributed by atoms with E-state index in [2.05, 4.69) is 22.3 Å². The van der Waals surface area contributed by atoms with Gasteiger partial charge in [-0.1, -0.05) is 23.5 Å². The summed E-state index contributed by atoms with van der Waals surface area (Å²) in [4.78, 5) is 26.6. The number of nitrogens with zero attached hydrogens (tertiary/aromatic N) is 3. The van der Waals surface area contributed by atoms with Crippen LogP contribution in [-0.2, 0) is 16.1 Å². The average molecular weight is 289 g/mol. The van der Waals surface area contributed by atoms with E-state index < -0.39 is 0 Å². The molecular weight excluding hydrogens is 274 g/mol. The van der Waals surface area contributed by atoms with Gasteiger partial charge in [0.25, 0.3) is 0 Å². The van der Waals surface area contributed by atoms with Crippen LogP contribution in [0.1, 0.15) is 22.9 Å². The number of imide groups is 1. The van der Waals surface area contributed by atoms with Gasteiger partial charge in [-0.05, 0) is 31.6 Å². The van der Waals surface area contributed by atoms with E-state index >= 15 is 0 Å². The van der Waals surface area contributed by atoms with E-state index in [1.165, 1.54) is 16.2 Å². The standard InChI is InChI=1S/C14H15N3O2S/c1-7-15-16-10(20-7)6-17-13(18)11-8-2-3-9(5-4-8)12(11)14(17)19/h2-3,8-9,11-12H,4-6H2,1H3. The minimum absolute atomic E-state index is 0.00750. The van der Waals surface area contributed by atoms with Crippen LogP contribution in [-0.4, -0.2) is 26.9 Å². The molecule has 2 fully saturated rings. The van der Waals surface area contributed by atoms with Crippen molar-refractivity contribution in [2.24, 2.45) is 23.7 Å². The van der Waals surface area contributed by atoms with Crippen molar-refractivity contribution in [3.05, 3.63) is 22.2 Å². The summed E-state index contributed by atoms with van der Waals surface area (Å²) in [5, 5.41) is 9.57. The van der Waals surface area contributed by atoms with Gasteiger partial charge in [-0.3, -0.25) is 14.5 Å². The molecule has 6 heteroatoms. The Morgan fingerprint density at radius 3 is 2.20 bits per heavy atom. The third-order valence-electron chi connectivity index (χ3n) is 4.71. The van der Waals surface area contributed by atoms with E-state index in [4.69, 9.17) is 0 Å². The Morgan fingerprint density at radius 2 is 1.75 bits per heavy atom. The third kappa shape index (κ3) is 1.60. The van der Waals surface area contributed by atoms with Crippen molar-refractivity contribution in [3.8, 4) is 0 Å². The fourth-order valence-corrected chi connectivity index (χ4v) is 4.53. The summed E-state index contributed by atoms with van der Waals surface area (Å²) in [6.45, 7) is 2.16. The Kier molecular flexibility index (Phi) is 2.57. The number of carbonyl (C=O) groups is 2. The molecule has 1 aromatic rings. The predicted octanol–water partition coefficient (Wildman–Crippen LogP) is 1.54. The van der Waals surface area contributed by atoms with Crippen molar-refractivity contribution in [1.29, 1.82) is 0 Å². The molecule has 3 aliphatic carbocycles. The number of aryl methyl sites for hydroxylation is 1. The van der Waals surface area contributed by atoms with Crippen LogP contribution in [0.4, 0.5) is 0 Å². The van der Waals surface area contributed by atoms with E-state index in [1.807, 2.05) is 6.92 Å². The van der Waals surface area contributed by atoms with Gasteiger partial charge < -0.3 is 0 Å². The van der Waals surface area contributed by atoms with Crippen molar-refractivity contribution < 1.29 is 9.59 Å². The molecule has 1 aromatic heterocycles. The van der Waals surface area contributed by atoms with E-state index in [0.717, 1.165) is 22.9 Å². The van der Waals surface area contributed by atoms with Crippen molar-refractivity contribution in [1.82, 2.24) is 15.1 Å². The SMILES string of the molecule is Cc1nnc(CN2C(=O)C3C4C=CC(CC4)C3C2=O)s1. The minimum atomic E-state index is -0.125. The second-order valence-electron chi connectivity index (χ2n) is 5.82. The van der Waals surface area contributed by atoms with E-state index in [9.17, 15) is 9.59 Å². The highest BCUT2D eigenvalue weighted by Gasteiger charge is 2.56. The highest BCUT2D eigenvalue weighted by atomic mass is 32.1. The predicted molar refractivity (Wildman–Crippen MR) is 72.5 cm³/mol. The first-order valence-corrected chi connectivity index (χ1v) is 7.79. The highest BCUT2D eigenvalue weighted by molar-refractivity contribution is 7.11. The number of carbonyl (C=O) groups excluding carboxylic acids is 2. The summed E-state index contributed by atoms with van der Waals surface area (Å²) >= 11 is 1.45. The van der Waals surface area contributed by atoms with Crippen LogP contribution in [0.25, 0.3) is 0 Å². The van der Waals surface area contributed by atoms with E-state index in [1.54, 1.807) is 0 Å². The maximum atomic E-state index is 12.6. The lowest BCUT2D eigenvalue weighted by Gasteiger charge is -2.38. The first-order valence-electron chi connectivity index (χ1n) is 6.97. The molecule has 2 heterocycles. The molecule has 104 valence electrons. The smallest absolute Gasteiger partial charge is 0.234 e. The zero-order valence-corrected chi connectivity index (χ0v) is 12.0. The zero-order valence-electron chi connectivity index (χ0n) is 11.2. The molecule has 1 aliphatic heterocycles. The van der Waals surface area contributed by atoms with Gasteiger partial charge in [0.05, 0.1) is 18.4 Å². The molecule has 2 amide bonds. The third-order valence-corrected chi connectivity index (χ3v) is 5.54. The molecule has 0 radical (unpaired) electrons. The fourth-order valence-electron chi connectivity index (χ4n) is 3.83. The minimum Gasteiger partial charge on any atom is -0.275 e. The molecule has 5 rings (SSSR count). The lowest BCUT2D eigenvalue weighted by Crippen LogP contribution is -2.38. The Morgan fingerprint density at radius 1 is 1.15 bits per heavy atom. The van der Waals surface area contributed by atoms with Gasteiger partial charge in [-0.15, -0.1) is 10.2 Å². The monoisotopic (exact) mass is 289 g/mol. The normalized spacial score (nSPS) is 35.0. The van der Waals surface area contributed by atoms with E-state index in [-0.39, 0.29) is 42.0 Å². The number of likely N-dealkylation sites (tertiary alicyclic amines) is 1. The van der Waals surface area contributed by atoms with Gasteiger partial charge in [0.2, 0.25) is 11.8 Å². The number of rotatable bonds is 2. The van der Waals surface area contributed by atoms with Crippen LogP contribution in [0.2, 0.25) is 0 Å². The summed E-state index contributed by atoms with van der Waals surface area (Å²) in [7, 11) is 0. The number of amides is 2. The summed E-state index contributed by atoms with van der Waals surface area (Å²) < 4.78 is 0. The molecule has 1 saturated heterocycles. The summed E-state index contributed by atoms with van der Waals surface area (Å²) in [6, 6.07) is 0. The molecule has 0 spiro atoms. The van der Waals surface area contributed by atoms with Crippen molar-refractivity contribution >= 4 is 23.2 Å². The maximum absolute atomic E-state index is 12.6. The second-order valence-corrected chi connectivity index (χ2v) is 7.09. The van der Waals surface area contributed by atoms with Crippen molar-refractivity contribution in [3.63, 3.8) is 0 Å². The molecule has 20 heavy (non-hydrogen) atoms. The van der Waals surface area contributed by atoms with Gasteiger partial charge in [0.15, 0.2) is 0 Å². The lowest BCUT2D eigenvalue weighted by atomic mass is 9.63. The molecule has 0 aromatic carbocycles. The van der Waals surface area contributed by atoms with Gasteiger partial charge in [0, 0.05) is 0 Å². The lowest BCUT2D eigenvalue weighted by molar-refractivity contribution is -0.140. The number of aromatic nitrogens is 2. The van der Waals surface area contributed by atoms with Gasteiger partial charge in [-0.25, -0.2) is 0 Å². The van der Waals surface area contributed by atoms with Crippen molar-refractivity contribution in [2.45, 2.75) is 26.3 Å². The Balaban J connectivity index is 1.63. The molecule has 0 N–H and O–H groups in total. The summed E-state index contributed by atoms with van der Waals surface area (Å²) in [5.41, 5.74) is 0. The molecule has 4 atom stereocenters. The van der Waals surface area contributed by atoms with E-state index in [0.29, 0.717) is 0 Å². The first kappa shape index (κ1) is 12.2. The largest absolute Gasteiger partial charge is 0.275 e. The molecule has 5 nitrogen and oxygen atoms in total. The Hall–Kier alpha value is -1.56. The Labute approximate surface area is 120 Å². The molecular formula is C14H15N3O2S. The van der Waals surface area contributed by atoms with Crippen LogP contribution < -0.4 is 0 Å². The summed E-state index contributed by atoms with van der Waals surface area (Å²) in [6.07, 6.45) is 6.35. The number of fused-ring (bicyclic) bond motifs is 1. The Bertz CT molecular complexity index is 592. The van der Waals surface area contributed by atoms with Crippen LogP contribution >= 0.6 is 11.3 Å². The molecule has 1 saturated carbocycles. The number of hydrogen-bond acceptors (Lipinski definition) is 5. The highest BCUT2D eigenvalue weighted by Crippen LogP contribution is 2.49.